The molecule has 6 heteroatoms. The molecule has 0 heterocycles. The Balaban J connectivity index is 3.65. The van der Waals surface area contributed by atoms with E-state index in [0.29, 0.717) is 0 Å². The van der Waals surface area contributed by atoms with E-state index in [0.717, 1.165) is 45.8 Å². The lowest BCUT2D eigenvalue weighted by Gasteiger charge is -2.20. The van der Waals surface area contributed by atoms with Crippen LogP contribution in [0.1, 0.15) is 6.92 Å². The molecule has 0 aromatic carbocycles. The van der Waals surface area contributed by atoms with Gasteiger partial charge < -0.3 is 21.1 Å². The molecule has 0 aromatic heterocycles. The summed E-state index contributed by atoms with van der Waals surface area (Å²) in [6, 6.07) is 0. The summed E-state index contributed by atoms with van der Waals surface area (Å²) in [7, 11) is 1.91. The molecule has 0 saturated carbocycles. The molecule has 0 unspecified atom stereocenters. The van der Waals surface area contributed by atoms with Crippen molar-refractivity contribution in [1.29, 1.82) is 0 Å². The molecule has 0 radical (unpaired) electrons. The van der Waals surface area contributed by atoms with Gasteiger partial charge in [0.2, 0.25) is 0 Å². The Morgan fingerprint density at radius 3 is 2.29 bits per heavy atom. The van der Waals surface area contributed by atoms with E-state index in [1.165, 1.54) is 0 Å². The topological polar surface area (TPSA) is 76.6 Å². The summed E-state index contributed by atoms with van der Waals surface area (Å²) in [6.45, 7) is 8.10. The van der Waals surface area contributed by atoms with Crippen molar-refractivity contribution in [3.63, 3.8) is 0 Å². The lowest BCUT2D eigenvalue weighted by atomic mass is 10.4. The second kappa shape index (κ2) is 11.8. The first-order valence-corrected chi connectivity index (χ1v) is 6.20. The summed E-state index contributed by atoms with van der Waals surface area (Å²) in [5.74, 6) is -0.767. The molecule has 0 atom stereocenters. The van der Waals surface area contributed by atoms with Gasteiger partial charge in [0.25, 0.3) is 0 Å². The van der Waals surface area contributed by atoms with Crippen LogP contribution in [0.25, 0.3) is 0 Å². The van der Waals surface area contributed by atoms with Gasteiger partial charge >= 0.3 is 5.97 Å². The molecule has 0 aromatic rings. The first kappa shape index (κ1) is 16.3. The normalized spacial score (nSPS) is 11.0. The molecule has 6 nitrogen and oxygen atoms in total. The fourth-order valence-corrected chi connectivity index (χ4v) is 1.45. The van der Waals surface area contributed by atoms with Gasteiger partial charge in [0.15, 0.2) is 0 Å². The van der Waals surface area contributed by atoms with Crippen LogP contribution < -0.4 is 16.0 Å². The van der Waals surface area contributed by atoms with Crippen molar-refractivity contribution in [3.8, 4) is 0 Å². The van der Waals surface area contributed by atoms with E-state index in [-0.39, 0.29) is 6.54 Å². The molecular weight excluding hydrogens is 220 g/mol. The minimum atomic E-state index is -0.767. The zero-order valence-corrected chi connectivity index (χ0v) is 11.0. The Morgan fingerprint density at radius 1 is 1.12 bits per heavy atom. The highest BCUT2D eigenvalue weighted by molar-refractivity contribution is 5.69. The van der Waals surface area contributed by atoms with E-state index < -0.39 is 5.97 Å². The highest BCUT2D eigenvalue weighted by Crippen LogP contribution is 1.86. The van der Waals surface area contributed by atoms with E-state index in [2.05, 4.69) is 16.0 Å². The molecule has 0 aliphatic carbocycles. The minimum absolute atomic E-state index is 0.110. The van der Waals surface area contributed by atoms with Crippen LogP contribution in [0.2, 0.25) is 0 Å². The molecule has 17 heavy (non-hydrogen) atoms. The predicted octanol–water partition coefficient (Wildman–Crippen LogP) is -1.21. The van der Waals surface area contributed by atoms with Gasteiger partial charge in [0.1, 0.15) is 0 Å². The summed E-state index contributed by atoms with van der Waals surface area (Å²) < 4.78 is 0. The Morgan fingerprint density at radius 2 is 1.76 bits per heavy atom. The van der Waals surface area contributed by atoms with Crippen LogP contribution >= 0.6 is 0 Å². The maximum atomic E-state index is 10.7. The number of carboxylic acid groups (broad SMARTS) is 1. The predicted molar refractivity (Wildman–Crippen MR) is 69.4 cm³/mol. The largest absolute Gasteiger partial charge is 0.480 e. The van der Waals surface area contributed by atoms with Crippen LogP contribution in [0.5, 0.6) is 0 Å². The molecule has 0 saturated heterocycles. The third kappa shape index (κ3) is 11.6. The third-order valence-electron chi connectivity index (χ3n) is 2.37. The maximum Gasteiger partial charge on any atom is 0.317 e. The first-order valence-electron chi connectivity index (χ1n) is 6.20. The molecule has 0 amide bonds. The number of rotatable bonds is 12. The number of nitrogens with zero attached hydrogens (tertiary/aromatic N) is 1. The smallest absolute Gasteiger partial charge is 0.317 e. The number of hydrogen-bond donors (Lipinski definition) is 4. The average Bonchev–Trinajstić information content (AvgIpc) is 2.28. The average molecular weight is 246 g/mol. The molecular formula is C11H26N4O2. The van der Waals surface area contributed by atoms with Crippen molar-refractivity contribution in [3.05, 3.63) is 0 Å². The fraction of sp³-hybridized carbons (Fsp3) is 0.909. The van der Waals surface area contributed by atoms with Gasteiger partial charge in [-0.05, 0) is 13.6 Å². The standard InChI is InChI=1S/C11H26N4O2/c1-3-13-6-8-15(10-11(16)17)9-7-14-5-4-12-2/h12-14H,3-10H2,1-2H3,(H,16,17). The van der Waals surface area contributed by atoms with Crippen LogP contribution in [0, 0.1) is 0 Å². The molecule has 0 fully saturated rings. The zero-order chi connectivity index (χ0) is 12.9. The third-order valence-corrected chi connectivity index (χ3v) is 2.37. The number of nitrogens with one attached hydrogen (secondary N) is 3. The minimum Gasteiger partial charge on any atom is -0.480 e. The van der Waals surface area contributed by atoms with Crippen LogP contribution in [0.15, 0.2) is 0 Å². The van der Waals surface area contributed by atoms with E-state index >= 15 is 0 Å². The molecule has 0 aliphatic rings. The van der Waals surface area contributed by atoms with Gasteiger partial charge in [0.05, 0.1) is 6.54 Å². The SMILES string of the molecule is CCNCCN(CCNCCNC)CC(=O)O. The van der Waals surface area contributed by atoms with Crippen LogP contribution in [-0.2, 0) is 4.79 Å². The first-order chi connectivity index (χ1) is 8.20. The number of carbonyl (C=O) groups is 1. The van der Waals surface area contributed by atoms with E-state index in [1.807, 2.05) is 18.9 Å². The summed E-state index contributed by atoms with van der Waals surface area (Å²) in [6.07, 6.45) is 0. The van der Waals surface area contributed by atoms with Gasteiger partial charge in [-0.25, -0.2) is 0 Å². The summed E-state index contributed by atoms with van der Waals surface area (Å²) in [5.41, 5.74) is 0. The second-order valence-corrected chi connectivity index (χ2v) is 3.88. The van der Waals surface area contributed by atoms with Crippen molar-refractivity contribution in [1.82, 2.24) is 20.9 Å². The van der Waals surface area contributed by atoms with Crippen LogP contribution in [0.3, 0.4) is 0 Å². The summed E-state index contributed by atoms with van der Waals surface area (Å²) in [4.78, 5) is 12.6. The monoisotopic (exact) mass is 246 g/mol. The van der Waals surface area contributed by atoms with Gasteiger partial charge in [-0.3, -0.25) is 9.69 Å². The van der Waals surface area contributed by atoms with E-state index in [1.54, 1.807) is 0 Å². The molecule has 0 bridgehead atoms. The van der Waals surface area contributed by atoms with Gasteiger partial charge in [-0.1, -0.05) is 6.92 Å². The molecule has 4 N–H and O–H groups in total. The summed E-state index contributed by atoms with van der Waals surface area (Å²) >= 11 is 0. The number of likely N-dealkylation sites (N-methyl/N-ethyl adjacent to an activating group) is 2. The zero-order valence-electron chi connectivity index (χ0n) is 11.0. The summed E-state index contributed by atoms with van der Waals surface area (Å²) in [5, 5.41) is 18.3. The molecule has 0 spiro atoms. The Kier molecular flexibility index (Phi) is 11.3. The molecule has 102 valence electrons. The Labute approximate surface area is 104 Å². The highest BCUT2D eigenvalue weighted by Gasteiger charge is 2.08. The van der Waals surface area contributed by atoms with Gasteiger partial charge in [-0.15, -0.1) is 0 Å². The van der Waals surface area contributed by atoms with Crippen LogP contribution in [-0.4, -0.2) is 75.4 Å². The lowest BCUT2D eigenvalue weighted by Crippen LogP contribution is -2.40. The second-order valence-electron chi connectivity index (χ2n) is 3.88. The molecule has 0 rings (SSSR count). The number of carboxylic acids is 1. The number of aliphatic carboxylic acids is 1. The van der Waals surface area contributed by atoms with Crippen molar-refractivity contribution in [2.45, 2.75) is 6.92 Å². The van der Waals surface area contributed by atoms with Crippen molar-refractivity contribution in [2.24, 2.45) is 0 Å². The molecule has 0 aliphatic heterocycles. The maximum absolute atomic E-state index is 10.7. The highest BCUT2D eigenvalue weighted by atomic mass is 16.4. The van der Waals surface area contributed by atoms with E-state index in [9.17, 15) is 4.79 Å². The number of hydrogen-bond acceptors (Lipinski definition) is 5. The van der Waals surface area contributed by atoms with Crippen LogP contribution in [0.4, 0.5) is 0 Å². The van der Waals surface area contributed by atoms with Gasteiger partial charge in [-0.2, -0.15) is 0 Å². The van der Waals surface area contributed by atoms with Crippen molar-refractivity contribution in [2.75, 3.05) is 59.4 Å². The fourth-order valence-electron chi connectivity index (χ4n) is 1.45. The van der Waals surface area contributed by atoms with E-state index in [4.69, 9.17) is 5.11 Å². The van der Waals surface area contributed by atoms with Crippen molar-refractivity contribution < 1.29 is 9.90 Å². The van der Waals surface area contributed by atoms with Gasteiger partial charge in [0, 0.05) is 39.3 Å². The Bertz CT molecular complexity index is 190. The van der Waals surface area contributed by atoms with Crippen molar-refractivity contribution >= 4 is 5.97 Å². The quantitative estimate of drug-likeness (QED) is 0.324. The lowest BCUT2D eigenvalue weighted by molar-refractivity contribution is -0.138. The Hall–Kier alpha value is -0.690.